The van der Waals surface area contributed by atoms with Gasteiger partial charge in [-0.25, -0.2) is 0 Å². The molecular weight excluding hydrogens is 276 g/mol. The number of fused-ring (bicyclic) bond motifs is 1. The van der Waals surface area contributed by atoms with Crippen molar-refractivity contribution in [1.82, 2.24) is 0 Å². The van der Waals surface area contributed by atoms with Crippen LogP contribution in [0.3, 0.4) is 0 Å². The molecular formula is C18H18N2O2. The van der Waals surface area contributed by atoms with E-state index in [2.05, 4.69) is 10.6 Å². The molecule has 4 nitrogen and oxygen atoms in total. The second kappa shape index (κ2) is 6.02. The number of hydrogen-bond donors (Lipinski definition) is 2. The number of anilines is 2. The molecule has 2 aromatic rings. The second-order valence-electron chi connectivity index (χ2n) is 5.55. The summed E-state index contributed by atoms with van der Waals surface area (Å²) in [6, 6.07) is 15.5. The summed E-state index contributed by atoms with van der Waals surface area (Å²) in [5.41, 5.74) is 3.65. The Balaban J connectivity index is 1.62. The van der Waals surface area contributed by atoms with Gasteiger partial charge in [0.15, 0.2) is 0 Å². The minimum absolute atomic E-state index is 0.00236. The SMILES string of the molecule is CC1C(=O)Nc2ccc(NC(=O)CCc3ccccc3)cc21. The van der Waals surface area contributed by atoms with Gasteiger partial charge in [-0.15, -0.1) is 0 Å². The molecule has 0 saturated carbocycles. The van der Waals surface area contributed by atoms with Crippen LogP contribution in [0.15, 0.2) is 48.5 Å². The lowest BCUT2D eigenvalue weighted by molar-refractivity contribution is -0.117. The van der Waals surface area contributed by atoms with Crippen molar-refractivity contribution >= 4 is 23.2 Å². The molecule has 1 heterocycles. The number of carbonyl (C=O) groups excluding carboxylic acids is 2. The van der Waals surface area contributed by atoms with Crippen LogP contribution in [0.25, 0.3) is 0 Å². The molecule has 2 aromatic carbocycles. The Morgan fingerprint density at radius 2 is 1.95 bits per heavy atom. The van der Waals surface area contributed by atoms with Gasteiger partial charge in [-0.2, -0.15) is 0 Å². The van der Waals surface area contributed by atoms with Crippen LogP contribution >= 0.6 is 0 Å². The molecule has 1 aliphatic heterocycles. The average molecular weight is 294 g/mol. The lowest BCUT2D eigenvalue weighted by Gasteiger charge is -2.08. The van der Waals surface area contributed by atoms with E-state index < -0.39 is 0 Å². The number of hydrogen-bond acceptors (Lipinski definition) is 2. The van der Waals surface area contributed by atoms with E-state index in [-0.39, 0.29) is 17.7 Å². The van der Waals surface area contributed by atoms with E-state index in [4.69, 9.17) is 0 Å². The fraction of sp³-hybridized carbons (Fsp3) is 0.222. The molecule has 1 unspecified atom stereocenters. The Morgan fingerprint density at radius 1 is 1.18 bits per heavy atom. The normalized spacial score (nSPS) is 16.0. The Morgan fingerprint density at radius 3 is 2.73 bits per heavy atom. The van der Waals surface area contributed by atoms with Crippen LogP contribution in [0.2, 0.25) is 0 Å². The molecule has 0 radical (unpaired) electrons. The highest BCUT2D eigenvalue weighted by molar-refractivity contribution is 6.03. The van der Waals surface area contributed by atoms with Crippen molar-refractivity contribution in [2.75, 3.05) is 10.6 Å². The lowest BCUT2D eigenvalue weighted by atomic mass is 10.0. The van der Waals surface area contributed by atoms with Crippen LogP contribution in [-0.4, -0.2) is 11.8 Å². The van der Waals surface area contributed by atoms with Crippen LogP contribution in [0, 0.1) is 0 Å². The monoisotopic (exact) mass is 294 g/mol. The number of benzene rings is 2. The van der Waals surface area contributed by atoms with Crippen molar-refractivity contribution in [3.05, 3.63) is 59.7 Å². The van der Waals surface area contributed by atoms with E-state index in [0.717, 1.165) is 22.5 Å². The van der Waals surface area contributed by atoms with Gasteiger partial charge in [0.2, 0.25) is 11.8 Å². The van der Waals surface area contributed by atoms with Crippen molar-refractivity contribution in [2.24, 2.45) is 0 Å². The van der Waals surface area contributed by atoms with Gasteiger partial charge in [0.1, 0.15) is 0 Å². The Kier molecular flexibility index (Phi) is 3.92. The first kappa shape index (κ1) is 14.3. The predicted octanol–water partition coefficient (Wildman–Crippen LogP) is 3.31. The van der Waals surface area contributed by atoms with Crippen LogP contribution < -0.4 is 10.6 Å². The van der Waals surface area contributed by atoms with Crippen LogP contribution in [0.5, 0.6) is 0 Å². The molecule has 0 saturated heterocycles. The van der Waals surface area contributed by atoms with Crippen molar-refractivity contribution < 1.29 is 9.59 Å². The first-order valence-electron chi connectivity index (χ1n) is 7.42. The molecule has 2 amide bonds. The maximum Gasteiger partial charge on any atom is 0.231 e. The van der Waals surface area contributed by atoms with Gasteiger partial charge in [0.05, 0.1) is 5.92 Å². The van der Waals surface area contributed by atoms with E-state index in [1.165, 1.54) is 0 Å². The highest BCUT2D eigenvalue weighted by atomic mass is 16.2. The van der Waals surface area contributed by atoms with E-state index in [9.17, 15) is 9.59 Å². The minimum Gasteiger partial charge on any atom is -0.326 e. The molecule has 2 N–H and O–H groups in total. The summed E-state index contributed by atoms with van der Waals surface area (Å²) in [5.74, 6) is -0.188. The van der Waals surface area contributed by atoms with Crippen molar-refractivity contribution in [3.63, 3.8) is 0 Å². The molecule has 3 rings (SSSR count). The summed E-state index contributed by atoms with van der Waals surface area (Å²) in [6.07, 6.45) is 1.15. The molecule has 0 aliphatic carbocycles. The summed E-state index contributed by atoms with van der Waals surface area (Å²) in [4.78, 5) is 23.7. The number of amides is 2. The Labute approximate surface area is 129 Å². The van der Waals surface area contributed by atoms with Crippen molar-refractivity contribution in [1.29, 1.82) is 0 Å². The van der Waals surface area contributed by atoms with E-state index in [0.29, 0.717) is 12.8 Å². The average Bonchev–Trinajstić information content (AvgIpc) is 2.81. The maximum atomic E-state index is 12.0. The number of carbonyl (C=O) groups is 2. The highest BCUT2D eigenvalue weighted by Gasteiger charge is 2.26. The summed E-state index contributed by atoms with van der Waals surface area (Å²) in [5, 5.41) is 5.72. The highest BCUT2D eigenvalue weighted by Crippen LogP contribution is 2.33. The third kappa shape index (κ3) is 3.01. The fourth-order valence-corrected chi connectivity index (χ4v) is 2.62. The van der Waals surface area contributed by atoms with E-state index in [1.54, 1.807) is 0 Å². The summed E-state index contributed by atoms with van der Waals surface area (Å²) >= 11 is 0. The quantitative estimate of drug-likeness (QED) is 0.909. The molecule has 0 fully saturated rings. The van der Waals surface area contributed by atoms with Crippen molar-refractivity contribution in [3.8, 4) is 0 Å². The molecule has 1 aliphatic rings. The predicted molar refractivity (Wildman–Crippen MR) is 86.9 cm³/mol. The van der Waals surface area contributed by atoms with Gasteiger partial charge in [-0.3, -0.25) is 9.59 Å². The van der Waals surface area contributed by atoms with Gasteiger partial charge in [-0.05, 0) is 42.7 Å². The maximum absolute atomic E-state index is 12.0. The molecule has 0 aromatic heterocycles. The molecule has 0 bridgehead atoms. The largest absolute Gasteiger partial charge is 0.326 e. The number of nitrogens with one attached hydrogen (secondary N) is 2. The number of aryl methyl sites for hydroxylation is 1. The summed E-state index contributed by atoms with van der Waals surface area (Å²) < 4.78 is 0. The smallest absolute Gasteiger partial charge is 0.231 e. The zero-order chi connectivity index (χ0) is 15.5. The molecule has 1 atom stereocenters. The fourth-order valence-electron chi connectivity index (χ4n) is 2.62. The van der Waals surface area contributed by atoms with Gasteiger partial charge < -0.3 is 10.6 Å². The third-order valence-electron chi connectivity index (χ3n) is 3.94. The topological polar surface area (TPSA) is 58.2 Å². The van der Waals surface area contributed by atoms with Gasteiger partial charge >= 0.3 is 0 Å². The van der Waals surface area contributed by atoms with Crippen molar-refractivity contribution in [2.45, 2.75) is 25.7 Å². The zero-order valence-electron chi connectivity index (χ0n) is 12.4. The second-order valence-corrected chi connectivity index (χ2v) is 5.55. The molecule has 22 heavy (non-hydrogen) atoms. The van der Waals surface area contributed by atoms with Crippen LogP contribution in [0.4, 0.5) is 11.4 Å². The third-order valence-corrected chi connectivity index (χ3v) is 3.94. The van der Waals surface area contributed by atoms with Gasteiger partial charge in [0, 0.05) is 17.8 Å². The van der Waals surface area contributed by atoms with E-state index in [1.807, 2.05) is 55.5 Å². The van der Waals surface area contributed by atoms with Crippen LogP contribution in [-0.2, 0) is 16.0 Å². The zero-order valence-corrected chi connectivity index (χ0v) is 12.4. The summed E-state index contributed by atoms with van der Waals surface area (Å²) in [6.45, 7) is 1.86. The lowest BCUT2D eigenvalue weighted by Crippen LogP contribution is -2.12. The molecule has 112 valence electrons. The van der Waals surface area contributed by atoms with E-state index >= 15 is 0 Å². The molecule has 4 heteroatoms. The number of rotatable bonds is 4. The Bertz CT molecular complexity index is 710. The minimum atomic E-state index is -0.170. The molecule has 0 spiro atoms. The van der Waals surface area contributed by atoms with Crippen LogP contribution in [0.1, 0.15) is 30.4 Å². The van der Waals surface area contributed by atoms with Gasteiger partial charge in [-0.1, -0.05) is 30.3 Å². The first-order valence-corrected chi connectivity index (χ1v) is 7.42. The summed E-state index contributed by atoms with van der Waals surface area (Å²) in [7, 11) is 0. The first-order chi connectivity index (χ1) is 10.6. The Hall–Kier alpha value is -2.62. The van der Waals surface area contributed by atoms with Gasteiger partial charge in [0.25, 0.3) is 0 Å². The standard InChI is InChI=1S/C18H18N2O2/c1-12-15-11-14(8-9-16(15)20-18(12)22)19-17(21)10-7-13-5-3-2-4-6-13/h2-6,8-9,11-12H,7,10H2,1H3,(H,19,21)(H,20,22).